The van der Waals surface area contributed by atoms with Gasteiger partial charge in [0.1, 0.15) is 5.69 Å². The minimum absolute atomic E-state index is 0.157. The topological polar surface area (TPSA) is 84.1 Å². The number of nitrogens with one attached hydrogen (secondary N) is 1. The standard InChI is InChI=1S/C16H18F3N7O/c1-9(2)26-14(27)13-22-12(11-4-20-8-21-11)7-25(13)23-15(26)24-5-10(6-24)3-16(17,18)19/h4,7-10H,3,5-6H2,1-2H3,(H,20,21). The van der Waals surface area contributed by atoms with Gasteiger partial charge in [-0.05, 0) is 13.8 Å². The maximum absolute atomic E-state index is 12.9. The van der Waals surface area contributed by atoms with Crippen LogP contribution in [0.2, 0.25) is 0 Å². The average molecular weight is 381 g/mol. The summed E-state index contributed by atoms with van der Waals surface area (Å²) in [5, 5.41) is 4.47. The number of alkyl halides is 3. The van der Waals surface area contributed by atoms with Crippen molar-refractivity contribution in [2.45, 2.75) is 32.5 Å². The highest BCUT2D eigenvalue weighted by atomic mass is 19.4. The van der Waals surface area contributed by atoms with Crippen molar-refractivity contribution in [3.8, 4) is 11.4 Å². The van der Waals surface area contributed by atoms with Crippen molar-refractivity contribution in [3.05, 3.63) is 29.1 Å². The molecule has 3 aromatic heterocycles. The van der Waals surface area contributed by atoms with Crippen LogP contribution in [0.15, 0.2) is 23.5 Å². The van der Waals surface area contributed by atoms with Crippen LogP contribution in [0.4, 0.5) is 19.1 Å². The van der Waals surface area contributed by atoms with Gasteiger partial charge < -0.3 is 9.88 Å². The Morgan fingerprint density at radius 3 is 2.67 bits per heavy atom. The fourth-order valence-electron chi connectivity index (χ4n) is 3.33. The molecule has 0 amide bonds. The summed E-state index contributed by atoms with van der Waals surface area (Å²) in [5.74, 6) is -0.129. The van der Waals surface area contributed by atoms with E-state index >= 15 is 0 Å². The molecular formula is C16H18F3N7O. The molecular weight excluding hydrogens is 363 g/mol. The van der Waals surface area contributed by atoms with Gasteiger partial charge >= 0.3 is 6.18 Å². The van der Waals surface area contributed by atoms with Gasteiger partial charge in [-0.25, -0.2) is 14.5 Å². The zero-order valence-corrected chi connectivity index (χ0v) is 14.7. The Hall–Kier alpha value is -2.85. The third-order valence-corrected chi connectivity index (χ3v) is 4.56. The summed E-state index contributed by atoms with van der Waals surface area (Å²) >= 11 is 0. The second-order valence-corrected chi connectivity index (χ2v) is 7.02. The quantitative estimate of drug-likeness (QED) is 0.749. The molecule has 1 N–H and O–H groups in total. The zero-order chi connectivity index (χ0) is 19.3. The molecule has 3 aromatic rings. The van der Waals surface area contributed by atoms with E-state index in [1.807, 2.05) is 13.8 Å². The summed E-state index contributed by atoms with van der Waals surface area (Å²) in [5.41, 5.74) is 0.985. The van der Waals surface area contributed by atoms with Crippen LogP contribution in [0, 0.1) is 5.92 Å². The number of hydrogen-bond acceptors (Lipinski definition) is 5. The number of H-pyrrole nitrogens is 1. The summed E-state index contributed by atoms with van der Waals surface area (Å²) in [7, 11) is 0. The van der Waals surface area contributed by atoms with Crippen molar-refractivity contribution >= 4 is 11.6 Å². The first kappa shape index (κ1) is 17.6. The van der Waals surface area contributed by atoms with Crippen LogP contribution in [0.1, 0.15) is 26.3 Å². The molecule has 0 spiro atoms. The lowest BCUT2D eigenvalue weighted by Gasteiger charge is -2.41. The maximum atomic E-state index is 12.9. The van der Waals surface area contributed by atoms with Gasteiger partial charge in [0.2, 0.25) is 11.6 Å². The molecule has 8 nitrogen and oxygen atoms in total. The van der Waals surface area contributed by atoms with E-state index < -0.39 is 18.5 Å². The Labute approximate surface area is 151 Å². The highest BCUT2D eigenvalue weighted by molar-refractivity contribution is 5.57. The van der Waals surface area contributed by atoms with E-state index in [0.717, 1.165) is 0 Å². The summed E-state index contributed by atoms with van der Waals surface area (Å²) in [6, 6.07) is -0.209. The lowest BCUT2D eigenvalue weighted by molar-refractivity contribution is -0.146. The lowest BCUT2D eigenvalue weighted by Crippen LogP contribution is -2.51. The van der Waals surface area contributed by atoms with Crippen LogP contribution in [-0.2, 0) is 0 Å². The minimum Gasteiger partial charge on any atom is -0.343 e. The van der Waals surface area contributed by atoms with E-state index in [-0.39, 0.29) is 30.3 Å². The Morgan fingerprint density at radius 2 is 2.07 bits per heavy atom. The molecule has 144 valence electrons. The Bertz CT molecular complexity index is 1010. The van der Waals surface area contributed by atoms with Gasteiger partial charge in [-0.1, -0.05) is 0 Å². The van der Waals surface area contributed by atoms with Crippen molar-refractivity contribution in [2.24, 2.45) is 5.92 Å². The van der Waals surface area contributed by atoms with Crippen molar-refractivity contribution in [2.75, 3.05) is 18.0 Å². The second-order valence-electron chi connectivity index (χ2n) is 7.02. The Morgan fingerprint density at radius 1 is 1.33 bits per heavy atom. The van der Waals surface area contributed by atoms with E-state index in [0.29, 0.717) is 17.3 Å². The third-order valence-electron chi connectivity index (χ3n) is 4.56. The number of nitrogens with zero attached hydrogens (tertiary/aromatic N) is 6. The largest absolute Gasteiger partial charge is 0.389 e. The van der Waals surface area contributed by atoms with E-state index in [4.69, 9.17) is 0 Å². The molecule has 0 atom stereocenters. The normalized spacial score (nSPS) is 15.7. The number of aromatic amines is 1. The van der Waals surface area contributed by atoms with E-state index in [2.05, 4.69) is 20.1 Å². The summed E-state index contributed by atoms with van der Waals surface area (Å²) in [4.78, 5) is 25.8. The van der Waals surface area contributed by atoms with Gasteiger partial charge in [0.15, 0.2) is 0 Å². The van der Waals surface area contributed by atoms with Gasteiger partial charge in [0, 0.05) is 31.5 Å². The molecule has 4 heterocycles. The maximum Gasteiger partial charge on any atom is 0.389 e. The van der Waals surface area contributed by atoms with Crippen molar-refractivity contribution in [3.63, 3.8) is 0 Å². The molecule has 1 saturated heterocycles. The second kappa shape index (κ2) is 6.10. The first-order valence-electron chi connectivity index (χ1n) is 8.55. The predicted octanol–water partition coefficient (Wildman–Crippen LogP) is 2.25. The number of imidazole rings is 2. The Kier molecular flexibility index (Phi) is 3.97. The zero-order valence-electron chi connectivity index (χ0n) is 14.7. The van der Waals surface area contributed by atoms with Crippen molar-refractivity contribution < 1.29 is 13.2 Å². The molecule has 1 aliphatic rings. The summed E-state index contributed by atoms with van der Waals surface area (Å²) in [6.45, 7) is 4.09. The highest BCUT2D eigenvalue weighted by Gasteiger charge is 2.39. The molecule has 1 aliphatic heterocycles. The van der Waals surface area contributed by atoms with Crippen LogP contribution < -0.4 is 10.5 Å². The first-order chi connectivity index (χ1) is 12.7. The van der Waals surface area contributed by atoms with Crippen LogP contribution >= 0.6 is 0 Å². The van der Waals surface area contributed by atoms with E-state index in [1.165, 1.54) is 15.4 Å². The lowest BCUT2D eigenvalue weighted by atomic mass is 9.96. The Balaban J connectivity index is 1.72. The van der Waals surface area contributed by atoms with Crippen molar-refractivity contribution in [1.82, 2.24) is 29.1 Å². The SMILES string of the molecule is CC(C)n1c(N2CC(CC(F)(F)F)C2)nn2cc(-c3cnc[nH]3)nc2c1=O. The number of halogens is 3. The predicted molar refractivity (Wildman–Crippen MR) is 91.6 cm³/mol. The van der Waals surface area contributed by atoms with Crippen molar-refractivity contribution in [1.29, 1.82) is 0 Å². The third kappa shape index (κ3) is 3.17. The summed E-state index contributed by atoms with van der Waals surface area (Å²) in [6.07, 6.45) is -0.320. The average Bonchev–Trinajstić information content (AvgIpc) is 3.17. The van der Waals surface area contributed by atoms with Gasteiger partial charge in [-0.15, -0.1) is 5.10 Å². The fourth-order valence-corrected chi connectivity index (χ4v) is 3.33. The van der Waals surface area contributed by atoms with Gasteiger partial charge in [-0.3, -0.25) is 9.36 Å². The number of hydrogen-bond donors (Lipinski definition) is 1. The molecule has 0 unspecified atom stereocenters. The van der Waals surface area contributed by atoms with Crippen LogP contribution in [0.25, 0.3) is 17.0 Å². The van der Waals surface area contributed by atoms with E-state index in [9.17, 15) is 18.0 Å². The van der Waals surface area contributed by atoms with Gasteiger partial charge in [0.05, 0.1) is 24.4 Å². The number of rotatable bonds is 4. The van der Waals surface area contributed by atoms with Crippen LogP contribution in [0.5, 0.6) is 0 Å². The molecule has 11 heteroatoms. The molecule has 0 saturated carbocycles. The molecule has 4 rings (SSSR count). The molecule has 0 aromatic carbocycles. The molecule has 0 aliphatic carbocycles. The summed E-state index contributed by atoms with van der Waals surface area (Å²) < 4.78 is 40.5. The van der Waals surface area contributed by atoms with Gasteiger partial charge in [0.25, 0.3) is 5.56 Å². The fraction of sp³-hybridized carbons (Fsp3) is 0.500. The molecule has 0 bridgehead atoms. The molecule has 1 fully saturated rings. The minimum atomic E-state index is -4.19. The molecule has 27 heavy (non-hydrogen) atoms. The van der Waals surface area contributed by atoms with E-state index in [1.54, 1.807) is 17.3 Å². The number of anilines is 1. The number of fused-ring (bicyclic) bond motifs is 1. The highest BCUT2D eigenvalue weighted by Crippen LogP contribution is 2.32. The number of aromatic nitrogens is 6. The van der Waals surface area contributed by atoms with Gasteiger partial charge in [-0.2, -0.15) is 13.2 Å². The first-order valence-corrected chi connectivity index (χ1v) is 8.55. The molecule has 0 radical (unpaired) electrons. The van der Waals surface area contributed by atoms with Crippen LogP contribution in [-0.4, -0.2) is 48.4 Å². The smallest absolute Gasteiger partial charge is 0.343 e. The monoisotopic (exact) mass is 381 g/mol. The van der Waals surface area contributed by atoms with Crippen LogP contribution in [0.3, 0.4) is 0 Å².